The standard InChI is InChI=1S/C23H25BrN4O2/c1-4-28(5-2)13-14-30-26-20-15-9-6-7-12-18(15)25-21(20)19-16-10-8-11-17(24)22(16)27(3)23(19)29/h6-12,29H,4-5,13-14H2,1-3H3/p+1/b26-20+. The predicted molar refractivity (Wildman–Crippen MR) is 124 cm³/mol. The highest BCUT2D eigenvalue weighted by atomic mass is 79.9. The first kappa shape index (κ1) is 20.6. The van der Waals surface area contributed by atoms with Crippen LogP contribution in [0.5, 0.6) is 5.88 Å². The fourth-order valence-corrected chi connectivity index (χ4v) is 4.56. The summed E-state index contributed by atoms with van der Waals surface area (Å²) in [5.74, 6) is 0.156. The molecule has 0 unspecified atom stereocenters. The van der Waals surface area contributed by atoms with Crippen molar-refractivity contribution in [2.75, 3.05) is 26.2 Å². The third kappa shape index (κ3) is 3.52. The number of rotatable bonds is 7. The molecule has 1 aliphatic heterocycles. The lowest BCUT2D eigenvalue weighted by molar-refractivity contribution is -0.896. The van der Waals surface area contributed by atoms with Crippen LogP contribution in [0.15, 0.2) is 57.1 Å². The van der Waals surface area contributed by atoms with E-state index in [1.807, 2.05) is 49.5 Å². The van der Waals surface area contributed by atoms with E-state index in [1.165, 1.54) is 4.90 Å². The molecule has 156 valence electrons. The molecule has 0 radical (unpaired) electrons. The summed E-state index contributed by atoms with van der Waals surface area (Å²) in [5, 5.41) is 16.4. The quantitative estimate of drug-likeness (QED) is 0.411. The Kier molecular flexibility index (Phi) is 5.92. The number of oxime groups is 1. The molecule has 30 heavy (non-hydrogen) atoms. The first-order valence-corrected chi connectivity index (χ1v) is 11.0. The van der Waals surface area contributed by atoms with Gasteiger partial charge in [0, 0.05) is 22.5 Å². The molecule has 4 rings (SSSR count). The molecule has 0 bridgehead atoms. The maximum absolute atomic E-state index is 11.0. The number of halogens is 1. The third-order valence-corrected chi connectivity index (χ3v) is 6.33. The highest BCUT2D eigenvalue weighted by Crippen LogP contribution is 2.39. The minimum atomic E-state index is 0.156. The zero-order chi connectivity index (χ0) is 21.3. The topological polar surface area (TPSA) is 63.6 Å². The molecular weight excluding hydrogens is 444 g/mol. The molecule has 1 aliphatic rings. The highest BCUT2D eigenvalue weighted by molar-refractivity contribution is 9.10. The molecule has 6 nitrogen and oxygen atoms in total. The minimum absolute atomic E-state index is 0.156. The Morgan fingerprint density at radius 2 is 1.90 bits per heavy atom. The average molecular weight is 470 g/mol. The van der Waals surface area contributed by atoms with E-state index in [4.69, 9.17) is 9.83 Å². The van der Waals surface area contributed by atoms with Gasteiger partial charge in [-0.15, -0.1) is 0 Å². The number of aromatic nitrogens is 1. The molecule has 0 amide bonds. The summed E-state index contributed by atoms with van der Waals surface area (Å²) in [4.78, 5) is 12.0. The molecule has 1 aromatic heterocycles. The molecule has 3 aromatic rings. The molecule has 0 fully saturated rings. The van der Waals surface area contributed by atoms with E-state index in [-0.39, 0.29) is 5.88 Å². The lowest BCUT2D eigenvalue weighted by atomic mass is 10.0. The number of benzene rings is 2. The zero-order valence-electron chi connectivity index (χ0n) is 17.4. The number of hydrogen-bond donors (Lipinski definition) is 2. The maximum Gasteiger partial charge on any atom is 0.201 e. The molecular formula is C23H26BrN4O2+. The smallest absolute Gasteiger partial charge is 0.201 e. The summed E-state index contributed by atoms with van der Waals surface area (Å²) in [5.41, 5.74) is 4.61. The number of aryl methyl sites for hydroxylation is 1. The van der Waals surface area contributed by atoms with Crippen molar-refractivity contribution in [1.82, 2.24) is 4.57 Å². The second-order valence-electron chi connectivity index (χ2n) is 7.35. The average Bonchev–Trinajstić information content (AvgIpc) is 3.23. The van der Waals surface area contributed by atoms with E-state index in [1.54, 1.807) is 4.57 Å². The largest absolute Gasteiger partial charge is 0.494 e. The van der Waals surface area contributed by atoms with Gasteiger partial charge in [-0.25, -0.2) is 4.99 Å². The minimum Gasteiger partial charge on any atom is -0.494 e. The van der Waals surface area contributed by atoms with Crippen LogP contribution in [0.2, 0.25) is 0 Å². The van der Waals surface area contributed by atoms with Gasteiger partial charge < -0.3 is 19.4 Å². The number of aromatic hydroxyl groups is 1. The van der Waals surface area contributed by atoms with Gasteiger partial charge in [-0.3, -0.25) is 0 Å². The Morgan fingerprint density at radius 3 is 2.67 bits per heavy atom. The van der Waals surface area contributed by atoms with Crippen molar-refractivity contribution in [3.8, 4) is 5.88 Å². The van der Waals surface area contributed by atoms with Gasteiger partial charge >= 0.3 is 0 Å². The van der Waals surface area contributed by atoms with Crippen molar-refractivity contribution in [2.45, 2.75) is 13.8 Å². The van der Waals surface area contributed by atoms with Crippen molar-refractivity contribution >= 4 is 43.9 Å². The molecule has 0 atom stereocenters. The van der Waals surface area contributed by atoms with E-state index in [0.29, 0.717) is 23.6 Å². The predicted octanol–water partition coefficient (Wildman–Crippen LogP) is 3.43. The van der Waals surface area contributed by atoms with Crippen molar-refractivity contribution < 1.29 is 14.8 Å². The Balaban J connectivity index is 1.76. The second-order valence-corrected chi connectivity index (χ2v) is 8.21. The number of nitrogens with one attached hydrogen (secondary N) is 1. The molecule has 2 heterocycles. The van der Waals surface area contributed by atoms with Gasteiger partial charge in [0.15, 0.2) is 6.61 Å². The van der Waals surface area contributed by atoms with E-state index in [2.05, 4.69) is 34.9 Å². The molecule has 2 N–H and O–H groups in total. The highest BCUT2D eigenvalue weighted by Gasteiger charge is 2.30. The first-order valence-electron chi connectivity index (χ1n) is 10.2. The van der Waals surface area contributed by atoms with E-state index < -0.39 is 0 Å². The monoisotopic (exact) mass is 469 g/mol. The van der Waals surface area contributed by atoms with Gasteiger partial charge in [-0.05, 0) is 41.9 Å². The van der Waals surface area contributed by atoms with E-state index in [0.717, 1.165) is 46.3 Å². The summed E-state index contributed by atoms with van der Waals surface area (Å²) in [7, 11) is 1.84. The number of fused-ring (bicyclic) bond motifs is 2. The van der Waals surface area contributed by atoms with Crippen LogP contribution in [0.4, 0.5) is 5.69 Å². The maximum atomic E-state index is 11.0. The van der Waals surface area contributed by atoms with E-state index >= 15 is 0 Å². The Hall–Kier alpha value is -2.64. The summed E-state index contributed by atoms with van der Waals surface area (Å²) < 4.78 is 2.68. The van der Waals surface area contributed by atoms with Gasteiger partial charge in [0.2, 0.25) is 5.88 Å². The molecule has 0 spiro atoms. The van der Waals surface area contributed by atoms with Crippen molar-refractivity contribution in [2.24, 2.45) is 17.2 Å². The third-order valence-electron chi connectivity index (χ3n) is 5.69. The molecule has 2 aromatic carbocycles. The van der Waals surface area contributed by atoms with Gasteiger partial charge in [-0.1, -0.05) is 35.5 Å². The zero-order valence-corrected chi connectivity index (χ0v) is 19.0. The number of nitrogens with zero attached hydrogens (tertiary/aromatic N) is 3. The van der Waals surface area contributed by atoms with Crippen LogP contribution in [0.1, 0.15) is 25.0 Å². The van der Waals surface area contributed by atoms with Crippen LogP contribution in [0.3, 0.4) is 0 Å². The lowest BCUT2D eigenvalue weighted by Crippen LogP contribution is -3.11. The first-order chi connectivity index (χ1) is 14.6. The van der Waals surface area contributed by atoms with Crippen LogP contribution in [-0.2, 0) is 11.9 Å². The normalized spacial score (nSPS) is 14.6. The molecule has 0 saturated carbocycles. The van der Waals surface area contributed by atoms with Crippen molar-refractivity contribution in [3.63, 3.8) is 0 Å². The Labute approximate surface area is 184 Å². The van der Waals surface area contributed by atoms with Gasteiger partial charge in [0.05, 0.1) is 29.9 Å². The molecule has 0 saturated heterocycles. The molecule has 0 aliphatic carbocycles. The van der Waals surface area contributed by atoms with Crippen LogP contribution in [-0.4, -0.2) is 47.3 Å². The number of para-hydroxylation sites is 2. The second kappa shape index (κ2) is 8.62. The lowest BCUT2D eigenvalue weighted by Gasteiger charge is -2.14. The van der Waals surface area contributed by atoms with Crippen LogP contribution in [0, 0.1) is 0 Å². The van der Waals surface area contributed by atoms with Crippen LogP contribution < -0.4 is 4.90 Å². The number of likely N-dealkylation sites (N-methyl/N-ethyl adjacent to an activating group) is 1. The van der Waals surface area contributed by atoms with Crippen LogP contribution >= 0.6 is 15.9 Å². The van der Waals surface area contributed by atoms with E-state index in [9.17, 15) is 5.11 Å². The van der Waals surface area contributed by atoms with Gasteiger partial charge in [0.1, 0.15) is 18.0 Å². The van der Waals surface area contributed by atoms with Crippen molar-refractivity contribution in [3.05, 3.63) is 58.1 Å². The summed E-state index contributed by atoms with van der Waals surface area (Å²) in [6, 6.07) is 13.8. The summed E-state index contributed by atoms with van der Waals surface area (Å²) >= 11 is 3.60. The number of hydrogen-bond acceptors (Lipinski definition) is 4. The fourth-order valence-electron chi connectivity index (χ4n) is 3.93. The number of quaternary nitrogens is 1. The fraction of sp³-hybridized carbons (Fsp3) is 0.304. The Bertz CT molecular complexity index is 1150. The Morgan fingerprint density at radius 1 is 1.13 bits per heavy atom. The van der Waals surface area contributed by atoms with Crippen molar-refractivity contribution in [1.29, 1.82) is 0 Å². The van der Waals surface area contributed by atoms with Gasteiger partial charge in [0.25, 0.3) is 0 Å². The number of aliphatic imine (C=N–C) groups is 1. The molecule has 7 heteroatoms. The van der Waals surface area contributed by atoms with Gasteiger partial charge in [-0.2, -0.15) is 0 Å². The summed E-state index contributed by atoms with van der Waals surface area (Å²) in [6.45, 7) is 7.89. The SMILES string of the molecule is CC[NH+](CC)CCO/N=C1/C(c2c(O)n(C)c3c(Br)cccc23)=Nc2ccccc21. The summed E-state index contributed by atoms with van der Waals surface area (Å²) in [6.07, 6.45) is 0. The van der Waals surface area contributed by atoms with Crippen LogP contribution in [0.25, 0.3) is 10.9 Å².